The molecular weight excluding hydrogens is 198 g/mol. The van der Waals surface area contributed by atoms with Gasteiger partial charge >= 0.3 is 0 Å². The quantitative estimate of drug-likeness (QED) is 0.834. The van der Waals surface area contributed by atoms with Gasteiger partial charge in [0.25, 0.3) is 0 Å². The second-order valence-electron chi connectivity index (χ2n) is 3.90. The molecule has 1 heterocycles. The lowest BCUT2D eigenvalue weighted by Gasteiger charge is -2.20. The molecule has 0 saturated carbocycles. The number of nitrogens with zero attached hydrogens (tertiary/aromatic N) is 2. The van der Waals surface area contributed by atoms with E-state index in [9.17, 15) is 0 Å². The summed E-state index contributed by atoms with van der Waals surface area (Å²) in [4.78, 5) is 0. The minimum atomic E-state index is 0.435. The van der Waals surface area contributed by atoms with Gasteiger partial charge in [0.1, 0.15) is 0 Å². The van der Waals surface area contributed by atoms with E-state index in [0.29, 0.717) is 12.0 Å². The Labute approximate surface area is 90.4 Å². The second-order valence-corrected chi connectivity index (χ2v) is 4.31. The lowest BCUT2D eigenvalue weighted by atomic mass is 10.1. The van der Waals surface area contributed by atoms with Crippen molar-refractivity contribution >= 4 is 11.6 Å². The maximum absolute atomic E-state index is 5.93. The first-order valence-corrected chi connectivity index (χ1v) is 5.29. The van der Waals surface area contributed by atoms with Gasteiger partial charge < -0.3 is 5.32 Å². The summed E-state index contributed by atoms with van der Waals surface area (Å²) in [6.07, 6.45) is 1.70. The number of likely N-dealkylation sites (N-methyl/N-ethyl adjacent to an activating group) is 1. The van der Waals surface area contributed by atoms with Crippen LogP contribution in [-0.2, 0) is 6.54 Å². The van der Waals surface area contributed by atoms with Crippen LogP contribution >= 0.6 is 11.6 Å². The Morgan fingerprint density at radius 3 is 2.57 bits per heavy atom. The van der Waals surface area contributed by atoms with Crippen LogP contribution in [0.2, 0.25) is 5.02 Å². The highest BCUT2D eigenvalue weighted by molar-refractivity contribution is 6.31. The van der Waals surface area contributed by atoms with Crippen molar-refractivity contribution in [2.75, 3.05) is 7.05 Å². The van der Waals surface area contributed by atoms with Gasteiger partial charge in [-0.1, -0.05) is 25.4 Å². The Morgan fingerprint density at radius 2 is 2.21 bits per heavy atom. The maximum Gasteiger partial charge on any atom is 0.0814 e. The molecule has 0 aliphatic carbocycles. The van der Waals surface area contributed by atoms with Crippen LogP contribution in [-0.4, -0.2) is 22.9 Å². The number of nitrogens with one attached hydrogen (secondary N) is 1. The van der Waals surface area contributed by atoms with Crippen molar-refractivity contribution in [3.8, 4) is 0 Å². The minimum absolute atomic E-state index is 0.435. The Bertz CT molecular complexity index is 294. The van der Waals surface area contributed by atoms with E-state index in [0.717, 1.165) is 17.3 Å². The molecule has 0 aliphatic rings. The van der Waals surface area contributed by atoms with E-state index in [1.165, 1.54) is 0 Å². The fraction of sp³-hybridized carbons (Fsp3) is 0.700. The second kappa shape index (κ2) is 4.80. The van der Waals surface area contributed by atoms with Crippen LogP contribution in [0.15, 0.2) is 6.20 Å². The van der Waals surface area contributed by atoms with Crippen LogP contribution in [0, 0.1) is 12.8 Å². The standard InChI is InChI=1S/C10H18ClN3/c1-7(2)10(12-4)6-14-8(3)9(11)5-13-14/h5,7,10,12H,6H2,1-4H3. The summed E-state index contributed by atoms with van der Waals surface area (Å²) in [5.74, 6) is 0.586. The molecule has 0 fully saturated rings. The van der Waals surface area contributed by atoms with Crippen LogP contribution in [0.3, 0.4) is 0 Å². The Morgan fingerprint density at radius 1 is 1.57 bits per heavy atom. The van der Waals surface area contributed by atoms with Gasteiger partial charge in [-0.2, -0.15) is 5.10 Å². The summed E-state index contributed by atoms with van der Waals surface area (Å²) in [6.45, 7) is 7.25. The average Bonchev–Trinajstić information content (AvgIpc) is 2.44. The van der Waals surface area contributed by atoms with Gasteiger partial charge in [-0.15, -0.1) is 0 Å². The van der Waals surface area contributed by atoms with E-state index in [4.69, 9.17) is 11.6 Å². The van der Waals surface area contributed by atoms with Gasteiger partial charge in [0, 0.05) is 6.04 Å². The molecule has 4 heteroatoms. The molecule has 1 rings (SSSR count). The van der Waals surface area contributed by atoms with Crippen LogP contribution < -0.4 is 5.32 Å². The highest BCUT2D eigenvalue weighted by atomic mass is 35.5. The van der Waals surface area contributed by atoms with Crippen LogP contribution in [0.5, 0.6) is 0 Å². The molecule has 1 aromatic rings. The maximum atomic E-state index is 5.93. The number of hydrogen-bond donors (Lipinski definition) is 1. The normalized spacial score (nSPS) is 13.6. The zero-order chi connectivity index (χ0) is 10.7. The molecule has 1 N–H and O–H groups in total. The smallest absolute Gasteiger partial charge is 0.0814 e. The number of aromatic nitrogens is 2. The molecule has 1 aromatic heterocycles. The molecule has 14 heavy (non-hydrogen) atoms. The molecule has 80 valence electrons. The summed E-state index contributed by atoms with van der Waals surface area (Å²) >= 11 is 5.93. The van der Waals surface area contributed by atoms with Crippen molar-refractivity contribution in [1.29, 1.82) is 0 Å². The van der Waals surface area contributed by atoms with E-state index in [2.05, 4.69) is 24.3 Å². The Kier molecular flexibility index (Phi) is 3.96. The van der Waals surface area contributed by atoms with Gasteiger partial charge in [0.05, 0.1) is 23.5 Å². The molecule has 0 aliphatic heterocycles. The highest BCUT2D eigenvalue weighted by Gasteiger charge is 2.13. The van der Waals surface area contributed by atoms with E-state index in [1.807, 2.05) is 18.7 Å². The average molecular weight is 216 g/mol. The summed E-state index contributed by atoms with van der Waals surface area (Å²) in [6, 6.07) is 0.435. The first-order valence-electron chi connectivity index (χ1n) is 4.91. The molecule has 1 unspecified atom stereocenters. The molecule has 3 nitrogen and oxygen atoms in total. The molecule has 0 amide bonds. The zero-order valence-electron chi connectivity index (χ0n) is 9.21. The van der Waals surface area contributed by atoms with Gasteiger partial charge in [-0.25, -0.2) is 0 Å². The topological polar surface area (TPSA) is 29.9 Å². The first kappa shape index (κ1) is 11.5. The van der Waals surface area contributed by atoms with Gasteiger partial charge in [0.2, 0.25) is 0 Å². The number of hydrogen-bond acceptors (Lipinski definition) is 2. The molecule has 0 radical (unpaired) electrons. The third-order valence-electron chi connectivity index (χ3n) is 2.59. The third-order valence-corrected chi connectivity index (χ3v) is 2.96. The van der Waals surface area contributed by atoms with Crippen molar-refractivity contribution in [2.45, 2.75) is 33.4 Å². The molecule has 0 spiro atoms. The van der Waals surface area contributed by atoms with Gasteiger partial charge in [-0.05, 0) is 19.9 Å². The predicted molar refractivity (Wildman–Crippen MR) is 59.7 cm³/mol. The fourth-order valence-corrected chi connectivity index (χ4v) is 1.57. The Hall–Kier alpha value is -0.540. The Balaban J connectivity index is 2.72. The van der Waals surface area contributed by atoms with Crippen LogP contribution in [0.1, 0.15) is 19.5 Å². The highest BCUT2D eigenvalue weighted by Crippen LogP contribution is 2.14. The lowest BCUT2D eigenvalue weighted by molar-refractivity contribution is 0.359. The van der Waals surface area contributed by atoms with Crippen molar-refractivity contribution in [1.82, 2.24) is 15.1 Å². The van der Waals surface area contributed by atoms with Gasteiger partial charge in [0.15, 0.2) is 0 Å². The molecule has 1 atom stereocenters. The van der Waals surface area contributed by atoms with Crippen LogP contribution in [0.25, 0.3) is 0 Å². The summed E-state index contributed by atoms with van der Waals surface area (Å²) in [7, 11) is 1.98. The minimum Gasteiger partial charge on any atom is -0.315 e. The van der Waals surface area contributed by atoms with Gasteiger partial charge in [-0.3, -0.25) is 4.68 Å². The predicted octanol–water partition coefficient (Wildman–Crippen LogP) is 2.09. The van der Waals surface area contributed by atoms with E-state index in [1.54, 1.807) is 6.20 Å². The van der Waals surface area contributed by atoms with E-state index in [-0.39, 0.29) is 0 Å². The van der Waals surface area contributed by atoms with Crippen molar-refractivity contribution < 1.29 is 0 Å². The van der Waals surface area contributed by atoms with Crippen molar-refractivity contribution in [2.24, 2.45) is 5.92 Å². The lowest BCUT2D eigenvalue weighted by Crippen LogP contribution is -2.35. The fourth-order valence-electron chi connectivity index (χ4n) is 1.43. The zero-order valence-corrected chi connectivity index (χ0v) is 9.97. The molecule has 0 saturated heterocycles. The molecule has 0 bridgehead atoms. The molecular formula is C10H18ClN3. The molecule has 0 aromatic carbocycles. The number of halogens is 1. The van der Waals surface area contributed by atoms with Crippen LogP contribution in [0.4, 0.5) is 0 Å². The third kappa shape index (κ3) is 2.49. The van der Waals surface area contributed by atoms with Crippen molar-refractivity contribution in [3.05, 3.63) is 16.9 Å². The monoisotopic (exact) mass is 215 g/mol. The first-order chi connectivity index (χ1) is 6.56. The largest absolute Gasteiger partial charge is 0.315 e. The SMILES string of the molecule is CNC(Cn1ncc(Cl)c1C)C(C)C. The van der Waals surface area contributed by atoms with Crippen molar-refractivity contribution in [3.63, 3.8) is 0 Å². The summed E-state index contributed by atoms with van der Waals surface area (Å²) in [5, 5.41) is 8.25. The summed E-state index contributed by atoms with van der Waals surface area (Å²) < 4.78 is 1.95. The van der Waals surface area contributed by atoms with E-state index >= 15 is 0 Å². The summed E-state index contributed by atoms with van der Waals surface area (Å²) in [5.41, 5.74) is 1.03. The number of rotatable bonds is 4. The van der Waals surface area contributed by atoms with E-state index < -0.39 is 0 Å².